The summed E-state index contributed by atoms with van der Waals surface area (Å²) in [5.41, 5.74) is 2.50. The lowest BCUT2D eigenvalue weighted by molar-refractivity contribution is -0.123. The number of methoxy groups -OCH3 is 1. The number of nitrogens with zero attached hydrogens (tertiary/aromatic N) is 1. The van der Waals surface area contributed by atoms with E-state index in [-0.39, 0.29) is 18.6 Å². The molecule has 0 aliphatic heterocycles. The number of carbonyl (C=O) groups is 1. The van der Waals surface area contributed by atoms with E-state index < -0.39 is 16.1 Å². The van der Waals surface area contributed by atoms with Crippen LogP contribution in [0, 0.1) is 13.8 Å². The van der Waals surface area contributed by atoms with Gasteiger partial charge in [0, 0.05) is 0 Å². The highest BCUT2D eigenvalue weighted by molar-refractivity contribution is 7.92. The van der Waals surface area contributed by atoms with Crippen molar-refractivity contribution in [3.05, 3.63) is 53.6 Å². The number of ether oxygens (including phenoxy) is 2. The fourth-order valence-corrected chi connectivity index (χ4v) is 4.40. The van der Waals surface area contributed by atoms with E-state index in [1.165, 1.54) is 4.31 Å². The minimum absolute atomic E-state index is 0.247. The van der Waals surface area contributed by atoms with Gasteiger partial charge < -0.3 is 14.8 Å². The van der Waals surface area contributed by atoms with Crippen LogP contribution in [0.5, 0.6) is 11.5 Å². The summed E-state index contributed by atoms with van der Waals surface area (Å²) in [6.07, 6.45) is 1.45. The summed E-state index contributed by atoms with van der Waals surface area (Å²) in [4.78, 5) is 13.0. The average Bonchev–Trinajstić information content (AvgIpc) is 2.72. The molecule has 0 saturated carbocycles. The van der Waals surface area contributed by atoms with Gasteiger partial charge in [-0.2, -0.15) is 0 Å². The standard InChI is InChI=1S/C23H32N2O5S/c1-7-22(25(31(6,27)28)19-9-8-16(2)17(3)14-19)23(26)24-18(4)15-30-21-12-10-20(29-5)11-13-21/h8-14,18,22H,7,15H2,1-6H3,(H,24,26)/t18-,22-/m1/s1. The maximum absolute atomic E-state index is 13.0. The van der Waals surface area contributed by atoms with E-state index in [1.54, 1.807) is 50.4 Å². The summed E-state index contributed by atoms with van der Waals surface area (Å²) >= 11 is 0. The molecule has 170 valence electrons. The second-order valence-electron chi connectivity index (χ2n) is 7.65. The summed E-state index contributed by atoms with van der Waals surface area (Å²) < 4.78 is 37.2. The lowest BCUT2D eigenvalue weighted by Crippen LogP contribution is -2.52. The molecule has 0 saturated heterocycles. The zero-order valence-electron chi connectivity index (χ0n) is 19.0. The Hall–Kier alpha value is -2.74. The number of benzene rings is 2. The van der Waals surface area contributed by atoms with Gasteiger partial charge in [0.05, 0.1) is 25.1 Å². The molecule has 7 nitrogen and oxygen atoms in total. The number of aryl methyl sites for hydroxylation is 2. The van der Waals surface area contributed by atoms with Crippen LogP contribution in [0.2, 0.25) is 0 Å². The Labute approximate surface area is 185 Å². The first kappa shape index (κ1) is 24.5. The minimum Gasteiger partial charge on any atom is -0.497 e. The Morgan fingerprint density at radius 2 is 1.68 bits per heavy atom. The monoisotopic (exact) mass is 448 g/mol. The Morgan fingerprint density at radius 3 is 2.19 bits per heavy atom. The number of anilines is 1. The van der Waals surface area contributed by atoms with Gasteiger partial charge in [0.2, 0.25) is 15.9 Å². The topological polar surface area (TPSA) is 84.9 Å². The van der Waals surface area contributed by atoms with Crippen LogP contribution < -0.4 is 19.1 Å². The van der Waals surface area contributed by atoms with Crippen molar-refractivity contribution in [1.82, 2.24) is 5.32 Å². The maximum Gasteiger partial charge on any atom is 0.244 e. The Kier molecular flexibility index (Phi) is 8.33. The molecule has 8 heteroatoms. The van der Waals surface area contributed by atoms with E-state index in [2.05, 4.69) is 5.32 Å². The van der Waals surface area contributed by atoms with Gasteiger partial charge in [-0.1, -0.05) is 13.0 Å². The Morgan fingerprint density at radius 1 is 1.06 bits per heavy atom. The third-order valence-corrected chi connectivity index (χ3v) is 6.20. The summed E-state index contributed by atoms with van der Waals surface area (Å²) in [5, 5.41) is 2.88. The summed E-state index contributed by atoms with van der Waals surface area (Å²) in [5.74, 6) is 1.02. The van der Waals surface area contributed by atoms with Gasteiger partial charge in [0.1, 0.15) is 24.1 Å². The highest BCUT2D eigenvalue weighted by Crippen LogP contribution is 2.25. The molecule has 1 N–H and O–H groups in total. The van der Waals surface area contributed by atoms with E-state index in [0.717, 1.165) is 23.1 Å². The SMILES string of the molecule is CC[C@H](C(=O)N[C@H](C)COc1ccc(OC)cc1)N(c1ccc(C)c(C)c1)S(C)(=O)=O. The van der Waals surface area contributed by atoms with Crippen LogP contribution in [0.3, 0.4) is 0 Å². The molecule has 2 aromatic rings. The smallest absolute Gasteiger partial charge is 0.244 e. The van der Waals surface area contributed by atoms with Gasteiger partial charge in [-0.25, -0.2) is 8.42 Å². The molecule has 0 unspecified atom stereocenters. The largest absolute Gasteiger partial charge is 0.497 e. The van der Waals surface area contributed by atoms with Crippen molar-refractivity contribution >= 4 is 21.6 Å². The maximum atomic E-state index is 13.0. The van der Waals surface area contributed by atoms with Crippen molar-refractivity contribution in [2.75, 3.05) is 24.3 Å². The summed E-state index contributed by atoms with van der Waals surface area (Å²) in [6, 6.07) is 11.4. The number of rotatable bonds is 10. The molecule has 2 atom stereocenters. The lowest BCUT2D eigenvalue weighted by atomic mass is 10.1. The van der Waals surface area contributed by atoms with E-state index in [1.807, 2.05) is 26.8 Å². The van der Waals surface area contributed by atoms with Crippen molar-refractivity contribution < 1.29 is 22.7 Å². The molecule has 0 aliphatic rings. The molecule has 31 heavy (non-hydrogen) atoms. The normalized spacial score (nSPS) is 13.2. The highest BCUT2D eigenvalue weighted by atomic mass is 32.2. The van der Waals surface area contributed by atoms with Crippen molar-refractivity contribution in [2.45, 2.75) is 46.2 Å². The zero-order chi connectivity index (χ0) is 23.2. The van der Waals surface area contributed by atoms with E-state index in [4.69, 9.17) is 9.47 Å². The molecular formula is C23H32N2O5S. The second kappa shape index (κ2) is 10.5. The quantitative estimate of drug-likeness (QED) is 0.602. The number of carbonyl (C=O) groups excluding carboxylic acids is 1. The molecule has 0 aromatic heterocycles. The fourth-order valence-electron chi connectivity index (χ4n) is 3.20. The molecule has 0 bridgehead atoms. The predicted octanol–water partition coefficient (Wildman–Crippen LogP) is 3.44. The van der Waals surface area contributed by atoms with Crippen molar-refractivity contribution in [2.24, 2.45) is 0 Å². The van der Waals surface area contributed by atoms with Gasteiger partial charge in [-0.3, -0.25) is 9.10 Å². The Balaban J connectivity index is 2.12. The molecule has 0 heterocycles. The van der Waals surface area contributed by atoms with Crippen LogP contribution >= 0.6 is 0 Å². The van der Waals surface area contributed by atoms with Crippen molar-refractivity contribution in [3.8, 4) is 11.5 Å². The van der Waals surface area contributed by atoms with Crippen LogP contribution in [0.4, 0.5) is 5.69 Å². The second-order valence-corrected chi connectivity index (χ2v) is 9.51. The van der Waals surface area contributed by atoms with Crippen molar-refractivity contribution in [3.63, 3.8) is 0 Å². The van der Waals surface area contributed by atoms with Gasteiger partial charge in [0.25, 0.3) is 0 Å². The van der Waals surface area contributed by atoms with Crippen LogP contribution in [-0.4, -0.2) is 46.4 Å². The molecule has 0 fully saturated rings. The first-order valence-corrected chi connectivity index (χ1v) is 12.1. The fraction of sp³-hybridized carbons (Fsp3) is 0.435. The van der Waals surface area contributed by atoms with Crippen molar-refractivity contribution in [1.29, 1.82) is 0 Å². The number of amides is 1. The number of sulfonamides is 1. The third-order valence-electron chi connectivity index (χ3n) is 5.02. The summed E-state index contributed by atoms with van der Waals surface area (Å²) in [7, 11) is -2.08. The zero-order valence-corrected chi connectivity index (χ0v) is 19.8. The molecular weight excluding hydrogens is 416 g/mol. The third kappa shape index (κ3) is 6.62. The molecule has 0 spiro atoms. The number of nitrogens with one attached hydrogen (secondary N) is 1. The van der Waals surface area contributed by atoms with E-state index >= 15 is 0 Å². The van der Waals surface area contributed by atoms with Gasteiger partial charge in [-0.15, -0.1) is 0 Å². The van der Waals surface area contributed by atoms with Crippen LogP contribution in [-0.2, 0) is 14.8 Å². The molecule has 2 rings (SSSR count). The first-order valence-electron chi connectivity index (χ1n) is 10.2. The molecule has 2 aromatic carbocycles. The first-order chi connectivity index (χ1) is 14.6. The molecule has 0 aliphatic carbocycles. The highest BCUT2D eigenvalue weighted by Gasteiger charge is 2.32. The van der Waals surface area contributed by atoms with Gasteiger partial charge in [0.15, 0.2) is 0 Å². The number of hydrogen-bond donors (Lipinski definition) is 1. The minimum atomic E-state index is -3.67. The van der Waals surface area contributed by atoms with Crippen LogP contribution in [0.1, 0.15) is 31.4 Å². The van der Waals surface area contributed by atoms with Gasteiger partial charge >= 0.3 is 0 Å². The van der Waals surface area contributed by atoms with Crippen LogP contribution in [0.15, 0.2) is 42.5 Å². The van der Waals surface area contributed by atoms with Gasteiger partial charge in [-0.05, 0) is 74.7 Å². The predicted molar refractivity (Wildman–Crippen MR) is 123 cm³/mol. The molecule has 0 radical (unpaired) electrons. The summed E-state index contributed by atoms with van der Waals surface area (Å²) in [6.45, 7) is 7.73. The van der Waals surface area contributed by atoms with E-state index in [0.29, 0.717) is 17.9 Å². The van der Waals surface area contributed by atoms with E-state index in [9.17, 15) is 13.2 Å². The lowest BCUT2D eigenvalue weighted by Gasteiger charge is -2.31. The van der Waals surface area contributed by atoms with Crippen LogP contribution in [0.25, 0.3) is 0 Å². The average molecular weight is 449 g/mol. The number of hydrogen-bond acceptors (Lipinski definition) is 5. The Bertz CT molecular complexity index is 990. The molecule has 1 amide bonds.